The van der Waals surface area contributed by atoms with Crippen molar-refractivity contribution < 1.29 is 0 Å². The maximum absolute atomic E-state index is 6.53. The number of rotatable bonds is 3. The van der Waals surface area contributed by atoms with Crippen molar-refractivity contribution in [2.24, 2.45) is 5.73 Å². The predicted octanol–water partition coefficient (Wildman–Crippen LogP) is 0.375. The van der Waals surface area contributed by atoms with E-state index in [1.165, 1.54) is 6.21 Å². The summed E-state index contributed by atoms with van der Waals surface area (Å²) in [5.41, 5.74) is 5.11. The highest BCUT2D eigenvalue weighted by Crippen LogP contribution is 1.75. The molecule has 2 heteroatoms. The van der Waals surface area contributed by atoms with Crippen LogP contribution in [0, 0.1) is 5.41 Å². The van der Waals surface area contributed by atoms with Crippen molar-refractivity contribution in [3.63, 3.8) is 0 Å². The van der Waals surface area contributed by atoms with E-state index < -0.39 is 0 Å². The third kappa shape index (κ3) is 3.63. The van der Waals surface area contributed by atoms with Crippen molar-refractivity contribution in [1.29, 1.82) is 5.41 Å². The van der Waals surface area contributed by atoms with Gasteiger partial charge in [0.15, 0.2) is 0 Å². The van der Waals surface area contributed by atoms with Crippen molar-refractivity contribution in [1.82, 2.24) is 0 Å². The molecule has 3 N–H and O–H groups in total. The summed E-state index contributed by atoms with van der Waals surface area (Å²) in [4.78, 5) is 0. The van der Waals surface area contributed by atoms with Crippen LogP contribution in [0.4, 0.5) is 0 Å². The molecule has 0 spiro atoms. The molecule has 0 aliphatic carbocycles. The van der Waals surface area contributed by atoms with Crippen LogP contribution in [0.15, 0.2) is 0 Å². The lowest BCUT2D eigenvalue weighted by molar-refractivity contribution is 0.883. The molecule has 0 saturated heterocycles. The van der Waals surface area contributed by atoms with Crippen LogP contribution < -0.4 is 5.73 Å². The molecule has 0 amide bonds. The SMILES string of the molecule is N=CCCCN. The largest absolute Gasteiger partial charge is 0.330 e. The molecular formula is C4H10N2. The number of hydrogen-bond acceptors (Lipinski definition) is 2. The Hall–Kier alpha value is -0.370. The second-order valence-corrected chi connectivity index (χ2v) is 1.14. The summed E-state index contributed by atoms with van der Waals surface area (Å²) in [5, 5.41) is 6.53. The van der Waals surface area contributed by atoms with Gasteiger partial charge in [0, 0.05) is 0 Å². The fourth-order valence-corrected chi connectivity index (χ4v) is 0.220. The molecule has 0 rings (SSSR count). The Balaban J connectivity index is 2.49. The molecule has 2 nitrogen and oxygen atoms in total. The topological polar surface area (TPSA) is 49.9 Å². The maximum Gasteiger partial charge on any atom is -0.00473 e. The van der Waals surface area contributed by atoms with Crippen LogP contribution in [0.2, 0.25) is 0 Å². The zero-order valence-electron chi connectivity index (χ0n) is 3.78. The Kier molecular flexibility index (Phi) is 4.34. The summed E-state index contributed by atoms with van der Waals surface area (Å²) >= 11 is 0. The van der Waals surface area contributed by atoms with Gasteiger partial charge in [-0.2, -0.15) is 0 Å². The highest BCUT2D eigenvalue weighted by atomic mass is 14.5. The van der Waals surface area contributed by atoms with E-state index in [1.54, 1.807) is 0 Å². The van der Waals surface area contributed by atoms with Crippen LogP contribution >= 0.6 is 0 Å². The molecule has 0 radical (unpaired) electrons. The molecule has 0 aromatic rings. The second-order valence-electron chi connectivity index (χ2n) is 1.14. The van der Waals surface area contributed by atoms with Crippen molar-refractivity contribution in [3.8, 4) is 0 Å². The summed E-state index contributed by atoms with van der Waals surface area (Å²) in [6.07, 6.45) is 3.16. The first-order chi connectivity index (χ1) is 2.91. The first-order valence-corrected chi connectivity index (χ1v) is 2.11. The highest BCUT2D eigenvalue weighted by molar-refractivity contribution is 5.52. The van der Waals surface area contributed by atoms with Gasteiger partial charge in [0.2, 0.25) is 0 Å². The Morgan fingerprint density at radius 3 is 2.50 bits per heavy atom. The van der Waals surface area contributed by atoms with Gasteiger partial charge in [-0.05, 0) is 25.6 Å². The fourth-order valence-electron chi connectivity index (χ4n) is 0.220. The molecule has 0 aromatic heterocycles. The summed E-state index contributed by atoms with van der Waals surface area (Å²) in [5.74, 6) is 0. The predicted molar refractivity (Wildman–Crippen MR) is 27.1 cm³/mol. The average molecular weight is 86.1 g/mol. The van der Waals surface area contributed by atoms with Crippen LogP contribution in [0.5, 0.6) is 0 Å². The normalized spacial score (nSPS) is 8.17. The van der Waals surface area contributed by atoms with Gasteiger partial charge in [-0.3, -0.25) is 0 Å². The van der Waals surface area contributed by atoms with E-state index in [2.05, 4.69) is 0 Å². The number of nitrogens with one attached hydrogen (secondary N) is 1. The Labute approximate surface area is 37.9 Å². The lowest BCUT2D eigenvalue weighted by Gasteiger charge is -1.81. The summed E-state index contributed by atoms with van der Waals surface area (Å²) < 4.78 is 0. The first-order valence-electron chi connectivity index (χ1n) is 2.11. The quantitative estimate of drug-likeness (QED) is 0.378. The molecule has 0 aromatic carbocycles. The van der Waals surface area contributed by atoms with Gasteiger partial charge >= 0.3 is 0 Å². The molecule has 0 aliphatic heterocycles. The third-order valence-corrected chi connectivity index (χ3v) is 0.553. The van der Waals surface area contributed by atoms with Crippen LogP contribution in [-0.4, -0.2) is 12.8 Å². The Morgan fingerprint density at radius 1 is 1.67 bits per heavy atom. The van der Waals surface area contributed by atoms with Crippen LogP contribution in [0.25, 0.3) is 0 Å². The number of hydrogen-bond donors (Lipinski definition) is 2. The molecule has 0 heterocycles. The van der Waals surface area contributed by atoms with Gasteiger partial charge in [0.25, 0.3) is 0 Å². The molecule has 0 unspecified atom stereocenters. The monoisotopic (exact) mass is 86.1 g/mol. The molecule has 0 fully saturated rings. The summed E-state index contributed by atoms with van der Waals surface area (Å²) in [7, 11) is 0. The number of nitrogens with two attached hydrogens (primary N) is 1. The molecule has 6 heavy (non-hydrogen) atoms. The van der Waals surface area contributed by atoms with Crippen LogP contribution in [-0.2, 0) is 0 Å². The fraction of sp³-hybridized carbons (Fsp3) is 0.750. The van der Waals surface area contributed by atoms with E-state index >= 15 is 0 Å². The second kappa shape index (κ2) is 4.63. The lowest BCUT2D eigenvalue weighted by atomic mass is 10.3. The van der Waals surface area contributed by atoms with Gasteiger partial charge < -0.3 is 11.1 Å². The van der Waals surface area contributed by atoms with E-state index in [4.69, 9.17) is 11.1 Å². The van der Waals surface area contributed by atoms with E-state index in [0.717, 1.165) is 12.8 Å². The van der Waals surface area contributed by atoms with Crippen molar-refractivity contribution >= 4 is 6.21 Å². The molecule has 0 aliphatic rings. The molecular weight excluding hydrogens is 76.1 g/mol. The van der Waals surface area contributed by atoms with E-state index in [0.29, 0.717) is 6.54 Å². The zero-order valence-corrected chi connectivity index (χ0v) is 3.78. The number of unbranched alkanes of at least 4 members (excludes halogenated alkanes) is 1. The van der Waals surface area contributed by atoms with Crippen LogP contribution in [0.1, 0.15) is 12.8 Å². The maximum atomic E-state index is 6.53. The van der Waals surface area contributed by atoms with Crippen LogP contribution in [0.3, 0.4) is 0 Å². The molecule has 0 atom stereocenters. The summed E-state index contributed by atoms with van der Waals surface area (Å²) in [6, 6.07) is 0. The van der Waals surface area contributed by atoms with Gasteiger partial charge in [-0.1, -0.05) is 0 Å². The lowest BCUT2D eigenvalue weighted by Crippen LogP contribution is -1.97. The smallest absolute Gasteiger partial charge is 0.00473 e. The summed E-state index contributed by atoms with van der Waals surface area (Å²) in [6.45, 7) is 0.704. The van der Waals surface area contributed by atoms with E-state index in [-0.39, 0.29) is 0 Å². The highest BCUT2D eigenvalue weighted by Gasteiger charge is 1.72. The Morgan fingerprint density at radius 2 is 2.33 bits per heavy atom. The molecule has 0 saturated carbocycles. The van der Waals surface area contributed by atoms with Crippen molar-refractivity contribution in [2.75, 3.05) is 6.54 Å². The van der Waals surface area contributed by atoms with E-state index in [9.17, 15) is 0 Å². The third-order valence-electron chi connectivity index (χ3n) is 0.553. The van der Waals surface area contributed by atoms with Crippen molar-refractivity contribution in [3.05, 3.63) is 0 Å². The average Bonchev–Trinajstić information content (AvgIpc) is 1.61. The van der Waals surface area contributed by atoms with Gasteiger partial charge in [0.1, 0.15) is 0 Å². The van der Waals surface area contributed by atoms with Gasteiger partial charge in [-0.25, -0.2) is 0 Å². The van der Waals surface area contributed by atoms with Gasteiger partial charge in [-0.15, -0.1) is 0 Å². The molecule has 0 bridgehead atoms. The molecule has 36 valence electrons. The first kappa shape index (κ1) is 5.63. The zero-order chi connectivity index (χ0) is 4.83. The standard InChI is InChI=1S/C4H10N2/c5-3-1-2-4-6/h3,5H,1-2,4,6H2. The van der Waals surface area contributed by atoms with E-state index in [1.807, 2.05) is 0 Å². The van der Waals surface area contributed by atoms with Crippen molar-refractivity contribution in [2.45, 2.75) is 12.8 Å². The minimum atomic E-state index is 0.704. The van der Waals surface area contributed by atoms with Gasteiger partial charge in [0.05, 0.1) is 0 Å². The minimum Gasteiger partial charge on any atom is -0.330 e. The Bertz CT molecular complexity index is 34.5. The minimum absolute atomic E-state index is 0.704.